The molecule has 2 aromatic rings. The molecule has 0 N–H and O–H groups in total. The second kappa shape index (κ2) is 5.59. The molecular formula is C12H12N2O3S. The summed E-state index contributed by atoms with van der Waals surface area (Å²) in [6.07, 6.45) is 0. The van der Waals surface area contributed by atoms with Crippen LogP contribution in [0.1, 0.15) is 17.4 Å². The molecule has 0 amide bonds. The van der Waals surface area contributed by atoms with Crippen molar-refractivity contribution in [1.82, 2.24) is 8.75 Å². The molecule has 0 spiro atoms. The summed E-state index contributed by atoms with van der Waals surface area (Å²) >= 11 is 0.993. The van der Waals surface area contributed by atoms with Crippen LogP contribution in [0.15, 0.2) is 24.3 Å². The summed E-state index contributed by atoms with van der Waals surface area (Å²) in [4.78, 5) is 11.7. The Bertz CT molecular complexity index is 537. The zero-order valence-electron chi connectivity index (χ0n) is 10.0. The van der Waals surface area contributed by atoms with Gasteiger partial charge in [0.25, 0.3) is 0 Å². The average molecular weight is 264 g/mol. The van der Waals surface area contributed by atoms with Crippen molar-refractivity contribution in [3.05, 3.63) is 30.0 Å². The highest BCUT2D eigenvalue weighted by Gasteiger charge is 2.18. The Balaban J connectivity index is 2.32. The summed E-state index contributed by atoms with van der Waals surface area (Å²) in [6, 6.07) is 7.28. The van der Waals surface area contributed by atoms with Gasteiger partial charge >= 0.3 is 5.97 Å². The van der Waals surface area contributed by atoms with Crippen molar-refractivity contribution in [2.45, 2.75) is 6.92 Å². The monoisotopic (exact) mass is 264 g/mol. The van der Waals surface area contributed by atoms with Crippen LogP contribution in [0.5, 0.6) is 5.75 Å². The van der Waals surface area contributed by atoms with Gasteiger partial charge in [-0.3, -0.25) is 0 Å². The van der Waals surface area contributed by atoms with Gasteiger partial charge in [-0.25, -0.2) is 4.79 Å². The molecule has 0 aliphatic heterocycles. The lowest BCUT2D eigenvalue weighted by molar-refractivity contribution is 0.0521. The Labute approximate surface area is 109 Å². The predicted molar refractivity (Wildman–Crippen MR) is 67.9 cm³/mol. The second-order valence-corrected chi connectivity index (χ2v) is 3.94. The van der Waals surface area contributed by atoms with Crippen LogP contribution < -0.4 is 4.74 Å². The van der Waals surface area contributed by atoms with E-state index in [1.54, 1.807) is 14.0 Å². The maximum Gasteiger partial charge on any atom is 0.360 e. The topological polar surface area (TPSA) is 61.3 Å². The molecule has 0 aliphatic rings. The summed E-state index contributed by atoms with van der Waals surface area (Å²) in [5, 5.41) is 0. The highest BCUT2D eigenvalue weighted by Crippen LogP contribution is 2.24. The summed E-state index contributed by atoms with van der Waals surface area (Å²) in [7, 11) is 1.60. The zero-order chi connectivity index (χ0) is 13.0. The summed E-state index contributed by atoms with van der Waals surface area (Å²) in [5.41, 5.74) is 1.61. The van der Waals surface area contributed by atoms with Crippen LogP contribution in [0.3, 0.4) is 0 Å². The van der Waals surface area contributed by atoms with Gasteiger partial charge in [-0.2, -0.15) is 8.75 Å². The molecule has 18 heavy (non-hydrogen) atoms. The third-order valence-corrected chi connectivity index (χ3v) is 2.85. The average Bonchev–Trinajstić information content (AvgIpc) is 2.88. The van der Waals surface area contributed by atoms with Crippen molar-refractivity contribution in [2.24, 2.45) is 0 Å². The van der Waals surface area contributed by atoms with Crippen molar-refractivity contribution in [2.75, 3.05) is 13.7 Å². The van der Waals surface area contributed by atoms with Crippen LogP contribution >= 0.6 is 11.7 Å². The predicted octanol–water partition coefficient (Wildman–Crippen LogP) is 2.39. The number of nitrogens with zero attached hydrogens (tertiary/aromatic N) is 2. The van der Waals surface area contributed by atoms with Gasteiger partial charge in [-0.1, -0.05) is 0 Å². The van der Waals surface area contributed by atoms with E-state index in [-0.39, 0.29) is 5.69 Å². The van der Waals surface area contributed by atoms with E-state index >= 15 is 0 Å². The Morgan fingerprint density at radius 1 is 1.28 bits per heavy atom. The maximum atomic E-state index is 11.7. The van der Waals surface area contributed by atoms with E-state index < -0.39 is 5.97 Å². The molecule has 0 atom stereocenters. The normalized spacial score (nSPS) is 10.1. The minimum atomic E-state index is -0.447. The van der Waals surface area contributed by atoms with Gasteiger partial charge in [0.2, 0.25) is 0 Å². The smallest absolute Gasteiger partial charge is 0.360 e. The second-order valence-electron chi connectivity index (χ2n) is 3.41. The van der Waals surface area contributed by atoms with Crippen LogP contribution in [0, 0.1) is 0 Å². The number of esters is 1. The highest BCUT2D eigenvalue weighted by molar-refractivity contribution is 6.99. The number of carbonyl (C=O) groups excluding carboxylic acids is 1. The fraction of sp³-hybridized carbons (Fsp3) is 0.250. The molecule has 1 heterocycles. The SMILES string of the molecule is CCOC(=O)c1nsnc1-c1ccc(OC)cc1. The minimum absolute atomic E-state index is 0.256. The standard InChI is InChI=1S/C12H12N2O3S/c1-3-17-12(15)11-10(13-18-14-11)8-4-6-9(16-2)7-5-8/h4-7H,3H2,1-2H3. The fourth-order valence-electron chi connectivity index (χ4n) is 1.46. The van der Waals surface area contributed by atoms with E-state index in [9.17, 15) is 4.79 Å². The molecule has 0 aliphatic carbocycles. The molecule has 0 saturated carbocycles. The molecule has 6 heteroatoms. The van der Waals surface area contributed by atoms with E-state index in [0.29, 0.717) is 12.3 Å². The van der Waals surface area contributed by atoms with Gasteiger partial charge in [-0.15, -0.1) is 0 Å². The van der Waals surface area contributed by atoms with Crippen molar-refractivity contribution in [3.8, 4) is 17.0 Å². The van der Waals surface area contributed by atoms with Crippen LogP contribution in [-0.4, -0.2) is 28.4 Å². The number of benzene rings is 1. The summed E-state index contributed by atoms with van der Waals surface area (Å²) < 4.78 is 18.1. The third kappa shape index (κ3) is 2.48. The Hall–Kier alpha value is -1.95. The van der Waals surface area contributed by atoms with Crippen LogP contribution in [-0.2, 0) is 4.74 Å². The third-order valence-electron chi connectivity index (χ3n) is 2.32. The Morgan fingerprint density at radius 2 is 2.00 bits per heavy atom. The summed E-state index contributed by atoms with van der Waals surface area (Å²) in [5.74, 6) is 0.302. The summed E-state index contributed by atoms with van der Waals surface area (Å²) in [6.45, 7) is 2.07. The first kappa shape index (κ1) is 12.5. The molecule has 1 aromatic heterocycles. The molecular weight excluding hydrogens is 252 g/mol. The number of carbonyl (C=O) groups is 1. The number of hydrogen-bond acceptors (Lipinski definition) is 6. The van der Waals surface area contributed by atoms with Gasteiger partial charge < -0.3 is 9.47 Å². The van der Waals surface area contributed by atoms with Crippen molar-refractivity contribution >= 4 is 17.7 Å². The molecule has 0 radical (unpaired) electrons. The van der Waals surface area contributed by atoms with E-state index in [2.05, 4.69) is 8.75 Å². The van der Waals surface area contributed by atoms with E-state index in [1.165, 1.54) is 0 Å². The first-order valence-electron chi connectivity index (χ1n) is 5.40. The number of rotatable bonds is 4. The van der Waals surface area contributed by atoms with Gasteiger partial charge in [-0.05, 0) is 31.2 Å². The molecule has 1 aromatic carbocycles. The van der Waals surface area contributed by atoms with Crippen LogP contribution in [0.2, 0.25) is 0 Å². The fourth-order valence-corrected chi connectivity index (χ4v) is 2.02. The lowest BCUT2D eigenvalue weighted by Crippen LogP contribution is -2.06. The molecule has 0 saturated heterocycles. The van der Waals surface area contributed by atoms with E-state index in [4.69, 9.17) is 9.47 Å². The molecule has 94 valence electrons. The van der Waals surface area contributed by atoms with Crippen molar-refractivity contribution in [1.29, 1.82) is 0 Å². The lowest BCUT2D eigenvalue weighted by atomic mass is 10.1. The largest absolute Gasteiger partial charge is 0.497 e. The number of ether oxygens (including phenoxy) is 2. The molecule has 0 unspecified atom stereocenters. The maximum absolute atomic E-state index is 11.7. The zero-order valence-corrected chi connectivity index (χ0v) is 10.9. The molecule has 0 fully saturated rings. The number of aromatic nitrogens is 2. The van der Waals surface area contributed by atoms with Gasteiger partial charge in [0, 0.05) is 5.56 Å². The first-order valence-corrected chi connectivity index (χ1v) is 6.13. The van der Waals surface area contributed by atoms with Gasteiger partial charge in [0.05, 0.1) is 25.4 Å². The number of methoxy groups -OCH3 is 1. The van der Waals surface area contributed by atoms with E-state index in [1.807, 2.05) is 24.3 Å². The quantitative estimate of drug-likeness (QED) is 0.793. The molecule has 2 rings (SSSR count). The lowest BCUT2D eigenvalue weighted by Gasteiger charge is -2.03. The van der Waals surface area contributed by atoms with Crippen molar-refractivity contribution < 1.29 is 14.3 Å². The van der Waals surface area contributed by atoms with Crippen LogP contribution in [0.4, 0.5) is 0 Å². The Morgan fingerprint density at radius 3 is 2.61 bits per heavy atom. The van der Waals surface area contributed by atoms with Crippen molar-refractivity contribution in [3.63, 3.8) is 0 Å². The highest BCUT2D eigenvalue weighted by atomic mass is 32.1. The van der Waals surface area contributed by atoms with E-state index in [0.717, 1.165) is 23.0 Å². The molecule has 0 bridgehead atoms. The van der Waals surface area contributed by atoms with Gasteiger partial charge in [0.15, 0.2) is 5.69 Å². The first-order chi connectivity index (χ1) is 8.76. The number of hydrogen-bond donors (Lipinski definition) is 0. The van der Waals surface area contributed by atoms with Gasteiger partial charge in [0.1, 0.15) is 11.4 Å². The van der Waals surface area contributed by atoms with Crippen LogP contribution in [0.25, 0.3) is 11.3 Å². The Kier molecular flexibility index (Phi) is 3.88. The minimum Gasteiger partial charge on any atom is -0.497 e. The molecule has 5 nitrogen and oxygen atoms in total.